The quantitative estimate of drug-likeness (QED) is 0.643. The first-order chi connectivity index (χ1) is 14.8. The third-order valence-corrected chi connectivity index (χ3v) is 5.39. The van der Waals surface area contributed by atoms with Crippen LogP contribution in [-0.4, -0.2) is 71.3 Å². The molecule has 0 unspecified atom stereocenters. The van der Waals surface area contributed by atoms with E-state index < -0.39 is 16.0 Å². The third kappa shape index (κ3) is 6.11. The lowest BCUT2D eigenvalue weighted by atomic mass is 10.2. The van der Waals surface area contributed by atoms with Gasteiger partial charge < -0.3 is 19.3 Å². The van der Waals surface area contributed by atoms with E-state index in [0.717, 1.165) is 17.7 Å². The first kappa shape index (κ1) is 22.4. The number of ether oxygens (including phenoxy) is 2. The van der Waals surface area contributed by atoms with Gasteiger partial charge in [0.1, 0.15) is 5.75 Å². The summed E-state index contributed by atoms with van der Waals surface area (Å²) in [6.45, 7) is 1.90. The van der Waals surface area contributed by atoms with E-state index in [-0.39, 0.29) is 23.8 Å². The zero-order valence-electron chi connectivity index (χ0n) is 17.4. The number of hydrogen-bond acceptors (Lipinski definition) is 7. The summed E-state index contributed by atoms with van der Waals surface area (Å²) >= 11 is 0. The lowest BCUT2D eigenvalue weighted by Crippen LogP contribution is -2.50. The minimum absolute atomic E-state index is 0.155. The molecule has 1 amide bonds. The Morgan fingerprint density at radius 1 is 1.03 bits per heavy atom. The Labute approximate surface area is 181 Å². The van der Waals surface area contributed by atoms with E-state index in [2.05, 4.69) is 9.62 Å². The van der Waals surface area contributed by atoms with Gasteiger partial charge in [0.05, 0.1) is 24.6 Å². The maximum atomic E-state index is 12.5. The number of nitrogens with zero attached hydrogens (tertiary/aromatic N) is 2. The van der Waals surface area contributed by atoms with Gasteiger partial charge in [-0.3, -0.25) is 9.52 Å². The molecule has 10 heteroatoms. The second kappa shape index (κ2) is 9.69. The first-order valence-corrected chi connectivity index (χ1v) is 11.6. The predicted octanol–water partition coefficient (Wildman–Crippen LogP) is 1.57. The number of anilines is 2. The van der Waals surface area contributed by atoms with Crippen molar-refractivity contribution in [1.82, 2.24) is 4.90 Å². The Morgan fingerprint density at radius 3 is 2.42 bits per heavy atom. The lowest BCUT2D eigenvalue weighted by Gasteiger charge is -2.36. The molecule has 31 heavy (non-hydrogen) atoms. The summed E-state index contributed by atoms with van der Waals surface area (Å²) in [5, 5.41) is 0. The maximum Gasteiger partial charge on any atom is 0.338 e. The van der Waals surface area contributed by atoms with Gasteiger partial charge in [0.25, 0.3) is 5.91 Å². The van der Waals surface area contributed by atoms with Crippen molar-refractivity contribution in [2.45, 2.75) is 0 Å². The number of carbonyl (C=O) groups is 2. The highest BCUT2D eigenvalue weighted by Gasteiger charge is 2.23. The highest BCUT2D eigenvalue weighted by atomic mass is 32.2. The minimum atomic E-state index is -3.46. The summed E-state index contributed by atoms with van der Waals surface area (Å²) in [5.74, 6) is -0.194. The van der Waals surface area contributed by atoms with Crippen molar-refractivity contribution in [2.75, 3.05) is 55.8 Å². The maximum absolute atomic E-state index is 12.5. The fourth-order valence-electron chi connectivity index (χ4n) is 3.31. The van der Waals surface area contributed by atoms with Crippen molar-refractivity contribution in [3.63, 3.8) is 0 Å². The monoisotopic (exact) mass is 447 g/mol. The Bertz CT molecular complexity index is 1050. The van der Waals surface area contributed by atoms with Crippen LogP contribution in [0.2, 0.25) is 0 Å². The average molecular weight is 448 g/mol. The van der Waals surface area contributed by atoms with Crippen molar-refractivity contribution in [3.05, 3.63) is 54.1 Å². The van der Waals surface area contributed by atoms with Gasteiger partial charge in [-0.2, -0.15) is 0 Å². The molecule has 0 radical (unpaired) electrons. The van der Waals surface area contributed by atoms with Crippen LogP contribution in [-0.2, 0) is 19.6 Å². The SMILES string of the molecule is COc1ccccc1N1CCN(C(=O)COC(=O)c2cccc(NS(C)(=O)=O)c2)CC1. The summed E-state index contributed by atoms with van der Waals surface area (Å²) in [6.07, 6.45) is 1.02. The molecule has 2 aromatic carbocycles. The molecule has 0 bridgehead atoms. The van der Waals surface area contributed by atoms with Gasteiger partial charge in [-0.05, 0) is 30.3 Å². The summed E-state index contributed by atoms with van der Waals surface area (Å²) in [4.78, 5) is 28.5. The van der Waals surface area contributed by atoms with Crippen LogP contribution in [0.15, 0.2) is 48.5 Å². The minimum Gasteiger partial charge on any atom is -0.495 e. The van der Waals surface area contributed by atoms with E-state index >= 15 is 0 Å². The summed E-state index contributed by atoms with van der Waals surface area (Å²) < 4.78 is 35.5. The average Bonchev–Trinajstić information content (AvgIpc) is 2.76. The first-order valence-electron chi connectivity index (χ1n) is 9.67. The van der Waals surface area contributed by atoms with Gasteiger partial charge in [-0.15, -0.1) is 0 Å². The number of amides is 1. The topological polar surface area (TPSA) is 105 Å². The van der Waals surface area contributed by atoms with Gasteiger partial charge in [0.2, 0.25) is 10.0 Å². The summed E-state index contributed by atoms with van der Waals surface area (Å²) in [7, 11) is -1.84. The standard InChI is InChI=1S/C21H25N3O6S/c1-29-19-9-4-3-8-18(19)23-10-12-24(13-11-23)20(25)15-30-21(26)16-6-5-7-17(14-16)22-31(2,27)28/h3-9,14,22H,10-13,15H2,1-2H3. The van der Waals surface area contributed by atoms with Gasteiger partial charge in [0.15, 0.2) is 6.61 Å². The van der Waals surface area contributed by atoms with Gasteiger partial charge in [-0.1, -0.05) is 18.2 Å². The molecule has 1 heterocycles. The number of rotatable bonds is 7. The van der Waals surface area contributed by atoms with E-state index in [1.54, 1.807) is 12.0 Å². The van der Waals surface area contributed by atoms with Crippen LogP contribution >= 0.6 is 0 Å². The normalized spacial score (nSPS) is 14.1. The number of benzene rings is 2. The predicted molar refractivity (Wildman–Crippen MR) is 117 cm³/mol. The number of esters is 1. The molecule has 0 aliphatic carbocycles. The number of carbonyl (C=O) groups excluding carboxylic acids is 2. The molecule has 1 aliphatic heterocycles. The molecule has 1 saturated heterocycles. The second-order valence-corrected chi connectivity index (χ2v) is 8.82. The number of sulfonamides is 1. The Kier molecular flexibility index (Phi) is 7.01. The number of methoxy groups -OCH3 is 1. The van der Waals surface area contributed by atoms with Crippen molar-refractivity contribution >= 4 is 33.3 Å². The third-order valence-electron chi connectivity index (χ3n) is 4.79. The molecule has 0 saturated carbocycles. The van der Waals surface area contributed by atoms with Crippen LogP contribution in [0.25, 0.3) is 0 Å². The summed E-state index contributed by atoms with van der Waals surface area (Å²) in [5.41, 5.74) is 1.38. The van der Waals surface area contributed by atoms with Crippen LogP contribution in [0.4, 0.5) is 11.4 Å². The van der Waals surface area contributed by atoms with Crippen LogP contribution < -0.4 is 14.4 Å². The Hall–Kier alpha value is -3.27. The van der Waals surface area contributed by atoms with Gasteiger partial charge in [-0.25, -0.2) is 13.2 Å². The molecule has 3 rings (SSSR count). The van der Waals surface area contributed by atoms with E-state index in [9.17, 15) is 18.0 Å². The molecule has 0 atom stereocenters. The number of hydrogen-bond donors (Lipinski definition) is 1. The van der Waals surface area contributed by atoms with E-state index in [4.69, 9.17) is 9.47 Å². The van der Waals surface area contributed by atoms with Gasteiger partial charge >= 0.3 is 5.97 Å². The van der Waals surface area contributed by atoms with Crippen molar-refractivity contribution < 1.29 is 27.5 Å². The van der Waals surface area contributed by atoms with Crippen LogP contribution in [0.5, 0.6) is 5.75 Å². The molecular weight excluding hydrogens is 422 g/mol. The molecule has 0 aromatic heterocycles. The molecule has 0 spiro atoms. The van der Waals surface area contributed by atoms with Crippen molar-refractivity contribution in [3.8, 4) is 5.75 Å². The van der Waals surface area contributed by atoms with Gasteiger partial charge in [0, 0.05) is 31.9 Å². The smallest absolute Gasteiger partial charge is 0.338 e. The highest BCUT2D eigenvalue weighted by Crippen LogP contribution is 2.28. The molecule has 2 aromatic rings. The van der Waals surface area contributed by atoms with Crippen LogP contribution in [0, 0.1) is 0 Å². The van der Waals surface area contributed by atoms with Crippen molar-refractivity contribution in [1.29, 1.82) is 0 Å². The molecule has 1 fully saturated rings. The second-order valence-electron chi connectivity index (χ2n) is 7.07. The number of nitrogens with one attached hydrogen (secondary N) is 1. The van der Waals surface area contributed by atoms with Crippen LogP contribution in [0.1, 0.15) is 10.4 Å². The Balaban J connectivity index is 1.51. The van der Waals surface area contributed by atoms with E-state index in [1.165, 1.54) is 24.3 Å². The fourth-order valence-corrected chi connectivity index (χ4v) is 3.87. The highest BCUT2D eigenvalue weighted by molar-refractivity contribution is 7.92. The van der Waals surface area contributed by atoms with Crippen molar-refractivity contribution in [2.24, 2.45) is 0 Å². The van der Waals surface area contributed by atoms with Crippen LogP contribution in [0.3, 0.4) is 0 Å². The molecule has 9 nitrogen and oxygen atoms in total. The zero-order valence-corrected chi connectivity index (χ0v) is 18.2. The largest absolute Gasteiger partial charge is 0.495 e. The van der Waals surface area contributed by atoms with E-state index in [1.807, 2.05) is 24.3 Å². The number of para-hydroxylation sites is 2. The molecule has 166 valence electrons. The Morgan fingerprint density at radius 2 is 1.74 bits per heavy atom. The van der Waals surface area contributed by atoms with E-state index in [0.29, 0.717) is 26.2 Å². The summed E-state index contributed by atoms with van der Waals surface area (Å²) in [6, 6.07) is 13.6. The number of piperazine rings is 1. The lowest BCUT2D eigenvalue weighted by molar-refractivity contribution is -0.134. The molecular formula is C21H25N3O6S. The molecule has 1 aliphatic rings. The molecule has 1 N–H and O–H groups in total. The zero-order chi connectivity index (χ0) is 22.4. The fraction of sp³-hybridized carbons (Fsp3) is 0.333.